The van der Waals surface area contributed by atoms with Gasteiger partial charge in [0.15, 0.2) is 0 Å². The first-order valence-electron chi connectivity index (χ1n) is 10.0. The Labute approximate surface area is 175 Å². The summed E-state index contributed by atoms with van der Waals surface area (Å²) < 4.78 is 6.40. The number of aromatic nitrogens is 2. The molecule has 0 aliphatic rings. The number of rotatable bonds is 11. The molecule has 0 atom stereocenters. The van der Waals surface area contributed by atoms with E-state index in [9.17, 15) is 14.4 Å². The molecule has 0 radical (unpaired) electrons. The van der Waals surface area contributed by atoms with Gasteiger partial charge in [0.2, 0.25) is 5.91 Å². The molecule has 0 unspecified atom stereocenters. The van der Waals surface area contributed by atoms with Crippen LogP contribution in [0.25, 0.3) is 0 Å². The van der Waals surface area contributed by atoms with E-state index in [4.69, 9.17) is 10.5 Å². The topological polar surface area (TPSA) is 122 Å². The SMILES string of the molecule is COCCCN(CC(=O)NCC(C)C)c1c(N)n(Cc2ccccc2)c(=O)[nH]c1=O. The molecule has 2 aromatic rings. The summed E-state index contributed by atoms with van der Waals surface area (Å²) in [5.41, 5.74) is 6.05. The maximum Gasteiger partial charge on any atom is 0.330 e. The second kappa shape index (κ2) is 11.2. The molecule has 1 amide bonds. The van der Waals surface area contributed by atoms with Crippen molar-refractivity contribution in [3.8, 4) is 0 Å². The minimum atomic E-state index is -0.615. The molecule has 1 aromatic carbocycles. The first-order valence-corrected chi connectivity index (χ1v) is 10.0. The van der Waals surface area contributed by atoms with Gasteiger partial charge in [-0.3, -0.25) is 19.1 Å². The van der Waals surface area contributed by atoms with Crippen molar-refractivity contribution >= 4 is 17.4 Å². The Balaban J connectivity index is 2.37. The monoisotopic (exact) mass is 417 g/mol. The number of nitrogens with zero attached hydrogens (tertiary/aromatic N) is 2. The van der Waals surface area contributed by atoms with E-state index in [1.54, 1.807) is 12.0 Å². The van der Waals surface area contributed by atoms with Crippen LogP contribution in [0, 0.1) is 5.92 Å². The van der Waals surface area contributed by atoms with Crippen LogP contribution in [0.1, 0.15) is 25.8 Å². The van der Waals surface area contributed by atoms with Crippen molar-refractivity contribution in [2.24, 2.45) is 5.92 Å². The number of hydrogen-bond acceptors (Lipinski definition) is 6. The van der Waals surface area contributed by atoms with Crippen LogP contribution in [-0.2, 0) is 16.1 Å². The van der Waals surface area contributed by atoms with Crippen molar-refractivity contribution in [3.05, 3.63) is 56.7 Å². The molecule has 0 aliphatic carbocycles. The number of nitrogens with two attached hydrogens (primary N) is 1. The van der Waals surface area contributed by atoms with Crippen LogP contribution < -0.4 is 27.2 Å². The minimum Gasteiger partial charge on any atom is -0.385 e. The van der Waals surface area contributed by atoms with Gasteiger partial charge >= 0.3 is 5.69 Å². The first kappa shape index (κ1) is 23.2. The molecular formula is C21H31N5O4. The van der Waals surface area contributed by atoms with Crippen LogP contribution in [-0.4, -0.2) is 48.8 Å². The summed E-state index contributed by atoms with van der Waals surface area (Å²) in [4.78, 5) is 41.4. The Bertz CT molecular complexity index is 937. The van der Waals surface area contributed by atoms with E-state index in [0.29, 0.717) is 32.0 Å². The molecule has 4 N–H and O–H groups in total. The number of anilines is 2. The largest absolute Gasteiger partial charge is 0.385 e. The lowest BCUT2D eigenvalue weighted by Crippen LogP contribution is -2.44. The van der Waals surface area contributed by atoms with Crippen LogP contribution in [0.5, 0.6) is 0 Å². The van der Waals surface area contributed by atoms with Crippen molar-refractivity contribution in [2.45, 2.75) is 26.8 Å². The third kappa shape index (κ3) is 6.48. The predicted octanol–water partition coefficient (Wildman–Crippen LogP) is 0.782. The smallest absolute Gasteiger partial charge is 0.330 e. The Morgan fingerprint density at radius 3 is 2.60 bits per heavy atom. The number of ether oxygens (including phenoxy) is 1. The van der Waals surface area contributed by atoms with Crippen LogP contribution in [0.2, 0.25) is 0 Å². The summed E-state index contributed by atoms with van der Waals surface area (Å²) in [6.07, 6.45) is 0.588. The molecule has 1 heterocycles. The van der Waals surface area contributed by atoms with Gasteiger partial charge in [-0.05, 0) is 17.9 Å². The van der Waals surface area contributed by atoms with E-state index in [1.165, 1.54) is 4.57 Å². The summed E-state index contributed by atoms with van der Waals surface area (Å²) in [7, 11) is 1.58. The summed E-state index contributed by atoms with van der Waals surface area (Å²) in [5.74, 6) is 0.111. The van der Waals surface area contributed by atoms with Crippen LogP contribution in [0.3, 0.4) is 0 Å². The van der Waals surface area contributed by atoms with Crippen molar-refractivity contribution < 1.29 is 9.53 Å². The van der Waals surface area contributed by atoms with Crippen molar-refractivity contribution in [1.82, 2.24) is 14.9 Å². The Morgan fingerprint density at radius 2 is 1.97 bits per heavy atom. The maximum absolute atomic E-state index is 12.6. The number of aromatic amines is 1. The molecule has 9 heteroatoms. The minimum absolute atomic E-state index is 0.0293. The van der Waals surface area contributed by atoms with Gasteiger partial charge in [0.05, 0.1) is 13.1 Å². The molecular weight excluding hydrogens is 386 g/mol. The lowest BCUT2D eigenvalue weighted by atomic mass is 10.2. The average Bonchev–Trinajstić information content (AvgIpc) is 2.70. The Hall–Kier alpha value is -3.07. The average molecular weight is 418 g/mol. The van der Waals surface area contributed by atoms with Crippen LogP contribution in [0.15, 0.2) is 39.9 Å². The first-order chi connectivity index (χ1) is 14.3. The van der Waals surface area contributed by atoms with Gasteiger partial charge in [0.25, 0.3) is 5.56 Å². The second-order valence-electron chi connectivity index (χ2n) is 7.53. The van der Waals surface area contributed by atoms with Gasteiger partial charge in [-0.1, -0.05) is 44.2 Å². The molecule has 1 aromatic heterocycles. The summed E-state index contributed by atoms with van der Waals surface area (Å²) in [5, 5.41) is 2.84. The molecule has 2 rings (SSSR count). The van der Waals surface area contributed by atoms with Crippen LogP contribution >= 0.6 is 0 Å². The lowest BCUT2D eigenvalue weighted by Gasteiger charge is -2.26. The van der Waals surface area contributed by atoms with E-state index in [1.807, 2.05) is 44.2 Å². The zero-order chi connectivity index (χ0) is 22.1. The van der Waals surface area contributed by atoms with Gasteiger partial charge in [-0.2, -0.15) is 0 Å². The lowest BCUT2D eigenvalue weighted by molar-refractivity contribution is -0.119. The number of nitrogens with one attached hydrogen (secondary N) is 2. The third-order valence-corrected chi connectivity index (χ3v) is 4.53. The third-order valence-electron chi connectivity index (χ3n) is 4.53. The fourth-order valence-electron chi connectivity index (χ4n) is 3.02. The van der Waals surface area contributed by atoms with Gasteiger partial charge in [0.1, 0.15) is 11.5 Å². The van der Waals surface area contributed by atoms with Gasteiger partial charge < -0.3 is 20.7 Å². The van der Waals surface area contributed by atoms with E-state index in [0.717, 1.165) is 5.56 Å². The fraction of sp³-hybridized carbons (Fsp3) is 0.476. The van der Waals surface area contributed by atoms with E-state index in [2.05, 4.69) is 10.3 Å². The number of amides is 1. The molecule has 30 heavy (non-hydrogen) atoms. The van der Waals surface area contributed by atoms with Gasteiger partial charge in [-0.15, -0.1) is 0 Å². The molecule has 9 nitrogen and oxygen atoms in total. The molecule has 0 saturated carbocycles. The van der Waals surface area contributed by atoms with Gasteiger partial charge in [0, 0.05) is 26.8 Å². The van der Waals surface area contributed by atoms with Crippen LogP contribution in [0.4, 0.5) is 11.5 Å². The van der Waals surface area contributed by atoms with E-state index >= 15 is 0 Å². The summed E-state index contributed by atoms with van der Waals surface area (Å²) in [6, 6.07) is 9.33. The number of methoxy groups -OCH3 is 1. The summed E-state index contributed by atoms with van der Waals surface area (Å²) in [6.45, 7) is 5.53. The molecule has 0 spiro atoms. The van der Waals surface area contributed by atoms with E-state index in [-0.39, 0.29) is 30.5 Å². The summed E-state index contributed by atoms with van der Waals surface area (Å²) >= 11 is 0. The highest BCUT2D eigenvalue weighted by atomic mass is 16.5. The highest BCUT2D eigenvalue weighted by molar-refractivity contribution is 5.82. The van der Waals surface area contributed by atoms with E-state index < -0.39 is 11.2 Å². The second-order valence-corrected chi connectivity index (χ2v) is 7.53. The number of nitrogen functional groups attached to an aromatic ring is 1. The predicted molar refractivity (Wildman–Crippen MR) is 118 cm³/mol. The fourth-order valence-corrected chi connectivity index (χ4v) is 3.02. The normalized spacial score (nSPS) is 10.9. The Kier molecular flexibility index (Phi) is 8.67. The Morgan fingerprint density at radius 1 is 1.27 bits per heavy atom. The maximum atomic E-state index is 12.6. The number of hydrogen-bond donors (Lipinski definition) is 3. The molecule has 0 bridgehead atoms. The molecule has 0 aliphatic heterocycles. The molecule has 0 saturated heterocycles. The standard InChI is InChI=1S/C21H31N5O4/c1-15(2)12-23-17(27)14-25(10-7-11-30-3)18-19(22)26(21(29)24-20(18)28)13-16-8-5-4-6-9-16/h4-6,8-9,15H,7,10-14,22H2,1-3H3,(H,23,27)(H,24,28,29). The van der Waals surface area contributed by atoms with Crippen molar-refractivity contribution in [1.29, 1.82) is 0 Å². The zero-order valence-corrected chi connectivity index (χ0v) is 17.8. The van der Waals surface area contributed by atoms with Crippen molar-refractivity contribution in [3.63, 3.8) is 0 Å². The highest BCUT2D eigenvalue weighted by Crippen LogP contribution is 2.18. The molecule has 164 valence electrons. The number of H-pyrrole nitrogens is 1. The quantitative estimate of drug-likeness (QED) is 0.465. The van der Waals surface area contributed by atoms with Crippen molar-refractivity contribution in [2.75, 3.05) is 44.0 Å². The number of benzene rings is 1. The zero-order valence-electron chi connectivity index (χ0n) is 17.8. The molecule has 0 fully saturated rings. The highest BCUT2D eigenvalue weighted by Gasteiger charge is 2.21. The van der Waals surface area contributed by atoms with Gasteiger partial charge in [-0.25, -0.2) is 4.79 Å². The number of carbonyl (C=O) groups is 1. The number of carbonyl (C=O) groups excluding carboxylic acids is 1.